The third-order valence-corrected chi connectivity index (χ3v) is 2.58. The molecule has 3 nitrogen and oxygen atoms in total. The zero-order valence-electron chi connectivity index (χ0n) is 12.9. The van der Waals surface area contributed by atoms with Crippen molar-refractivity contribution in [3.63, 3.8) is 0 Å². The highest BCUT2D eigenvalue weighted by Gasteiger charge is 1.97. The minimum Gasteiger partial charge on any atom is -0.450 e. The van der Waals surface area contributed by atoms with Crippen molar-refractivity contribution in [2.75, 3.05) is 13.2 Å². The van der Waals surface area contributed by atoms with Gasteiger partial charge < -0.3 is 10.1 Å². The van der Waals surface area contributed by atoms with Crippen molar-refractivity contribution in [3.8, 4) is 0 Å². The maximum atomic E-state index is 10.9. The number of carbonyl (C=O) groups excluding carboxylic acids is 1. The lowest BCUT2D eigenvalue weighted by molar-refractivity contribution is 0.152. The summed E-state index contributed by atoms with van der Waals surface area (Å²) in [4.78, 5) is 10.9. The molecule has 0 saturated carbocycles. The van der Waals surface area contributed by atoms with Gasteiger partial charge in [0.2, 0.25) is 0 Å². The summed E-state index contributed by atoms with van der Waals surface area (Å²) in [5.74, 6) is 0. The van der Waals surface area contributed by atoms with Crippen LogP contribution in [0.1, 0.15) is 80.5 Å². The second kappa shape index (κ2) is 18.6. The third-order valence-electron chi connectivity index (χ3n) is 2.58. The summed E-state index contributed by atoms with van der Waals surface area (Å²) in [5.41, 5.74) is 0. The Morgan fingerprint density at radius 2 is 1.44 bits per heavy atom. The summed E-state index contributed by atoms with van der Waals surface area (Å²) in [6.45, 7) is 9.24. The van der Waals surface area contributed by atoms with Crippen molar-refractivity contribution in [1.29, 1.82) is 0 Å². The summed E-state index contributed by atoms with van der Waals surface area (Å²) in [6, 6.07) is 0. The van der Waals surface area contributed by atoms with E-state index in [0.29, 0.717) is 6.61 Å². The predicted octanol–water partition coefficient (Wildman–Crippen LogP) is 5.15. The Bertz CT molecular complexity index is 166. The monoisotopic (exact) mass is 261 g/mol. The Kier molecular flexibility index (Phi) is 20.3. The van der Waals surface area contributed by atoms with Crippen LogP contribution in [0.15, 0.2) is 0 Å². The van der Waals surface area contributed by atoms with Crippen LogP contribution in [0.25, 0.3) is 0 Å². The first kappa shape index (κ1) is 19.6. The lowest BCUT2D eigenvalue weighted by Gasteiger charge is -2.04. The molecule has 1 N–H and O–H groups in total. The van der Waals surface area contributed by atoms with Gasteiger partial charge in [-0.2, -0.15) is 0 Å². The lowest BCUT2D eigenvalue weighted by Crippen LogP contribution is -2.25. The van der Waals surface area contributed by atoms with Gasteiger partial charge in [-0.15, -0.1) is 0 Å². The zero-order chi connectivity index (χ0) is 14.1. The molecule has 3 heteroatoms. The molecule has 0 rings (SSSR count). The van der Waals surface area contributed by atoms with Crippen molar-refractivity contribution in [2.24, 2.45) is 0 Å². The highest BCUT2D eigenvalue weighted by atomic mass is 16.5. The molecule has 0 bridgehead atoms. The molecule has 0 aromatic carbocycles. The van der Waals surface area contributed by atoms with Crippen molar-refractivity contribution >= 4 is 6.09 Å². The van der Waals surface area contributed by atoms with Crippen LogP contribution in [0.2, 0.25) is 0 Å². The average molecular weight is 261 g/mol. The Balaban J connectivity index is -0.000000809. The molecule has 0 aliphatic carbocycles. The van der Waals surface area contributed by atoms with E-state index in [1.165, 1.54) is 44.9 Å². The molecule has 0 spiro atoms. The first-order valence-corrected chi connectivity index (χ1v) is 7.71. The van der Waals surface area contributed by atoms with E-state index in [1.54, 1.807) is 0 Å². The van der Waals surface area contributed by atoms with E-state index in [9.17, 15) is 4.79 Å². The minimum absolute atomic E-state index is 0. The molecule has 0 heterocycles. The van der Waals surface area contributed by atoms with Crippen molar-refractivity contribution in [1.82, 2.24) is 5.32 Å². The number of amides is 1. The number of ether oxygens (including phenoxy) is 1. The molecule has 0 saturated heterocycles. The fourth-order valence-electron chi connectivity index (χ4n) is 1.63. The minimum atomic E-state index is -0.287. The van der Waals surface area contributed by atoms with Gasteiger partial charge in [0.1, 0.15) is 0 Å². The van der Waals surface area contributed by atoms with Crippen molar-refractivity contribution in [2.45, 2.75) is 79.1 Å². The van der Waals surface area contributed by atoms with E-state index in [2.05, 4.69) is 12.2 Å². The Morgan fingerprint density at radius 3 is 1.94 bits per heavy atom. The molecule has 0 atom stereocenters. The Labute approximate surface area is 115 Å². The number of unbranched alkanes of at least 4 members (excludes halogenated alkanes) is 7. The SMILES string of the molecule is CC.CCCCCCCCCCNC(=O)OCC.[HH]. The topological polar surface area (TPSA) is 38.3 Å². The highest BCUT2D eigenvalue weighted by Crippen LogP contribution is 2.07. The maximum Gasteiger partial charge on any atom is 0.407 e. The van der Waals surface area contributed by atoms with E-state index in [4.69, 9.17) is 4.74 Å². The van der Waals surface area contributed by atoms with Crippen LogP contribution in [0.3, 0.4) is 0 Å². The number of hydrogen-bond donors (Lipinski definition) is 1. The molecule has 112 valence electrons. The van der Waals surface area contributed by atoms with Gasteiger partial charge >= 0.3 is 6.09 Å². The smallest absolute Gasteiger partial charge is 0.407 e. The molecule has 0 aliphatic heterocycles. The van der Waals surface area contributed by atoms with Crippen LogP contribution in [0, 0.1) is 0 Å². The van der Waals surface area contributed by atoms with Gasteiger partial charge in [0.25, 0.3) is 0 Å². The van der Waals surface area contributed by atoms with Crippen LogP contribution in [0.4, 0.5) is 4.79 Å². The van der Waals surface area contributed by atoms with Gasteiger partial charge in [0, 0.05) is 7.97 Å². The van der Waals surface area contributed by atoms with Crippen LogP contribution in [-0.2, 0) is 4.74 Å². The van der Waals surface area contributed by atoms with E-state index >= 15 is 0 Å². The molecule has 0 aromatic heterocycles. The van der Waals surface area contributed by atoms with Crippen LogP contribution < -0.4 is 5.32 Å². The summed E-state index contributed by atoms with van der Waals surface area (Å²) in [6.07, 6.45) is 10.0. The molecule has 1 amide bonds. The normalized spacial score (nSPS) is 9.33. The second-order valence-electron chi connectivity index (χ2n) is 4.12. The van der Waals surface area contributed by atoms with E-state index < -0.39 is 0 Å². The van der Waals surface area contributed by atoms with Gasteiger partial charge in [-0.05, 0) is 13.3 Å². The molecular formula is C15H35NO2. The van der Waals surface area contributed by atoms with Crippen LogP contribution in [-0.4, -0.2) is 19.2 Å². The summed E-state index contributed by atoms with van der Waals surface area (Å²) in [5, 5.41) is 2.73. The highest BCUT2D eigenvalue weighted by molar-refractivity contribution is 5.66. The predicted molar refractivity (Wildman–Crippen MR) is 81.1 cm³/mol. The quantitative estimate of drug-likeness (QED) is 0.553. The lowest BCUT2D eigenvalue weighted by atomic mass is 10.1. The number of rotatable bonds is 10. The largest absolute Gasteiger partial charge is 0.450 e. The number of hydrogen-bond acceptors (Lipinski definition) is 2. The van der Waals surface area contributed by atoms with Crippen molar-refractivity contribution in [3.05, 3.63) is 0 Å². The fraction of sp³-hybridized carbons (Fsp3) is 0.933. The van der Waals surface area contributed by atoms with E-state index in [1.807, 2.05) is 20.8 Å². The van der Waals surface area contributed by atoms with Crippen LogP contribution >= 0.6 is 0 Å². The Hall–Kier alpha value is -0.730. The molecule has 0 aliphatic rings. The molecule has 18 heavy (non-hydrogen) atoms. The van der Waals surface area contributed by atoms with Crippen molar-refractivity contribution < 1.29 is 11.0 Å². The molecule has 0 aromatic rings. The average Bonchev–Trinajstić information content (AvgIpc) is 2.39. The molecule has 0 radical (unpaired) electrons. The molecule has 0 unspecified atom stereocenters. The summed E-state index contributed by atoms with van der Waals surface area (Å²) < 4.78 is 4.76. The maximum absolute atomic E-state index is 10.9. The van der Waals surface area contributed by atoms with E-state index in [-0.39, 0.29) is 7.52 Å². The van der Waals surface area contributed by atoms with Gasteiger partial charge in [0.05, 0.1) is 6.61 Å². The number of nitrogens with one attached hydrogen (secondary N) is 1. The van der Waals surface area contributed by atoms with Gasteiger partial charge in [-0.25, -0.2) is 4.79 Å². The second-order valence-corrected chi connectivity index (χ2v) is 4.12. The molecule has 0 fully saturated rings. The van der Waals surface area contributed by atoms with E-state index in [0.717, 1.165) is 13.0 Å². The fourth-order valence-corrected chi connectivity index (χ4v) is 1.63. The van der Waals surface area contributed by atoms with Crippen LogP contribution in [0.5, 0.6) is 0 Å². The number of alkyl carbamates (subject to hydrolysis) is 1. The first-order chi connectivity index (χ1) is 8.81. The number of carbonyl (C=O) groups is 1. The van der Waals surface area contributed by atoms with Gasteiger partial charge in [-0.3, -0.25) is 0 Å². The summed E-state index contributed by atoms with van der Waals surface area (Å²) in [7, 11) is 0. The molecular weight excluding hydrogens is 226 g/mol. The Morgan fingerprint density at radius 1 is 0.944 bits per heavy atom. The first-order valence-electron chi connectivity index (χ1n) is 7.71. The third kappa shape index (κ3) is 17.7. The van der Waals surface area contributed by atoms with Gasteiger partial charge in [0.15, 0.2) is 0 Å². The summed E-state index contributed by atoms with van der Waals surface area (Å²) >= 11 is 0. The zero-order valence-corrected chi connectivity index (χ0v) is 12.9. The van der Waals surface area contributed by atoms with Gasteiger partial charge in [-0.1, -0.05) is 65.7 Å². The standard InChI is InChI=1S/C13H27NO2.C2H6.H2/c1-3-5-6-7-8-9-10-11-12-14-13(15)16-4-2;1-2;/h3-12H2,1-2H3,(H,14,15);1-2H3;1H.